The van der Waals surface area contributed by atoms with Crippen molar-refractivity contribution in [1.29, 1.82) is 0 Å². The average Bonchev–Trinajstić information content (AvgIpc) is 3.24. The Bertz CT molecular complexity index is 761. The summed E-state index contributed by atoms with van der Waals surface area (Å²) in [6, 6.07) is -5.21. The van der Waals surface area contributed by atoms with E-state index in [9.17, 15) is 34.5 Å². The molecule has 0 fully saturated rings. The Labute approximate surface area is 188 Å². The summed E-state index contributed by atoms with van der Waals surface area (Å²) in [5.74, 6) is -3.37. The lowest BCUT2D eigenvalue weighted by atomic mass is 10.1. The van der Waals surface area contributed by atoms with Crippen molar-refractivity contribution in [3.63, 3.8) is 0 Å². The first kappa shape index (κ1) is 27.4. The zero-order valence-corrected chi connectivity index (χ0v) is 18.6. The van der Waals surface area contributed by atoms with Gasteiger partial charge in [0.2, 0.25) is 17.7 Å². The first-order valence-electron chi connectivity index (χ1n) is 9.75. The summed E-state index contributed by atoms with van der Waals surface area (Å²) in [4.78, 5) is 55.2. The molecule has 0 saturated heterocycles. The van der Waals surface area contributed by atoms with Gasteiger partial charge in [-0.25, -0.2) is 9.78 Å². The molecule has 1 aromatic heterocycles. The predicted octanol–water partition coefficient (Wildman–Crippen LogP) is -3.06. The molecule has 0 saturated carbocycles. The number of aromatic nitrogens is 2. The Morgan fingerprint density at radius 2 is 1.81 bits per heavy atom. The van der Waals surface area contributed by atoms with E-state index in [1.165, 1.54) is 31.2 Å². The van der Waals surface area contributed by atoms with Crippen LogP contribution in [0, 0.1) is 0 Å². The minimum Gasteiger partial charge on any atom is -0.480 e. The Morgan fingerprint density at radius 1 is 1.16 bits per heavy atom. The molecule has 0 aliphatic rings. The number of rotatable bonds is 14. The number of nitrogens with two attached hydrogens (primary N) is 1. The van der Waals surface area contributed by atoms with Gasteiger partial charge in [0.1, 0.15) is 18.1 Å². The van der Waals surface area contributed by atoms with Gasteiger partial charge in [0.25, 0.3) is 0 Å². The molecule has 9 N–H and O–H groups in total. The van der Waals surface area contributed by atoms with Gasteiger partial charge in [-0.3, -0.25) is 14.4 Å². The van der Waals surface area contributed by atoms with E-state index in [1.54, 1.807) is 6.26 Å². The fraction of sp³-hybridized carbons (Fsp3) is 0.611. The van der Waals surface area contributed by atoms with E-state index >= 15 is 0 Å². The molecule has 0 radical (unpaired) electrons. The number of nitrogens with zero attached hydrogens (tertiary/aromatic N) is 1. The maximum absolute atomic E-state index is 12.6. The Morgan fingerprint density at radius 3 is 2.31 bits per heavy atom. The standard InChI is InChI=1S/C18H30N6O7S/c1-9(26)14(24-15(27)11(19)5-10-6-20-8-21-10)17(29)23-13(7-25)16(28)22-12(18(30)31)3-4-32-2/h6,8-9,11-14,25-26H,3-5,7,19H2,1-2H3,(H,20,21)(H,22,28)(H,23,29)(H,24,27)(H,30,31). The number of carboxylic acid groups (broad SMARTS) is 1. The number of aromatic amines is 1. The Balaban J connectivity index is 2.75. The normalized spacial score (nSPS) is 15.7. The molecule has 13 nitrogen and oxygen atoms in total. The van der Waals surface area contributed by atoms with Crippen molar-refractivity contribution < 1.29 is 34.5 Å². The summed E-state index contributed by atoms with van der Waals surface area (Å²) in [6.07, 6.45) is 3.59. The molecule has 3 amide bonds. The predicted molar refractivity (Wildman–Crippen MR) is 115 cm³/mol. The fourth-order valence-electron chi connectivity index (χ4n) is 2.61. The average molecular weight is 475 g/mol. The highest BCUT2D eigenvalue weighted by atomic mass is 32.2. The fourth-order valence-corrected chi connectivity index (χ4v) is 3.08. The molecule has 0 bridgehead atoms. The summed E-state index contributed by atoms with van der Waals surface area (Å²) in [5.41, 5.74) is 6.42. The zero-order chi connectivity index (χ0) is 24.3. The number of carbonyl (C=O) groups is 4. The van der Waals surface area contributed by atoms with E-state index < -0.39 is 60.6 Å². The molecule has 5 atom stereocenters. The molecular weight excluding hydrogens is 444 g/mol. The van der Waals surface area contributed by atoms with Crippen LogP contribution in [0.2, 0.25) is 0 Å². The number of aliphatic carboxylic acids is 1. The largest absolute Gasteiger partial charge is 0.480 e. The maximum atomic E-state index is 12.6. The number of H-pyrrole nitrogens is 1. The molecule has 14 heteroatoms. The number of hydrogen-bond acceptors (Lipinski definition) is 9. The summed E-state index contributed by atoms with van der Waals surface area (Å²) in [6.45, 7) is 0.425. The van der Waals surface area contributed by atoms with E-state index in [4.69, 9.17) is 5.73 Å². The monoisotopic (exact) mass is 474 g/mol. The van der Waals surface area contributed by atoms with Crippen LogP contribution in [-0.4, -0.2) is 97.9 Å². The molecule has 0 aromatic carbocycles. The smallest absolute Gasteiger partial charge is 0.326 e. The van der Waals surface area contributed by atoms with Crippen molar-refractivity contribution in [3.8, 4) is 0 Å². The number of thioether (sulfide) groups is 1. The van der Waals surface area contributed by atoms with Gasteiger partial charge >= 0.3 is 5.97 Å². The van der Waals surface area contributed by atoms with E-state index in [2.05, 4.69) is 25.9 Å². The van der Waals surface area contributed by atoms with Crippen LogP contribution in [-0.2, 0) is 25.6 Å². The van der Waals surface area contributed by atoms with E-state index in [0.717, 1.165) is 0 Å². The maximum Gasteiger partial charge on any atom is 0.326 e. The van der Waals surface area contributed by atoms with E-state index in [1.807, 2.05) is 0 Å². The van der Waals surface area contributed by atoms with Crippen molar-refractivity contribution in [2.24, 2.45) is 5.73 Å². The van der Waals surface area contributed by atoms with E-state index in [-0.39, 0.29) is 12.8 Å². The molecule has 180 valence electrons. The highest BCUT2D eigenvalue weighted by molar-refractivity contribution is 7.98. The van der Waals surface area contributed by atoms with E-state index in [0.29, 0.717) is 11.4 Å². The van der Waals surface area contributed by atoms with Gasteiger partial charge in [-0.2, -0.15) is 11.8 Å². The first-order chi connectivity index (χ1) is 15.1. The van der Waals surface area contributed by atoms with Gasteiger partial charge in [0, 0.05) is 18.3 Å². The molecule has 1 aromatic rings. The second-order valence-corrected chi connectivity index (χ2v) is 8.02. The Hall–Kier alpha value is -2.68. The second kappa shape index (κ2) is 13.7. The third kappa shape index (κ3) is 8.82. The summed E-state index contributed by atoms with van der Waals surface area (Å²) in [7, 11) is 0. The van der Waals surface area contributed by atoms with Gasteiger partial charge in [-0.05, 0) is 25.4 Å². The van der Waals surface area contributed by atoms with Crippen molar-refractivity contribution in [3.05, 3.63) is 18.2 Å². The van der Waals surface area contributed by atoms with Crippen molar-refractivity contribution in [2.75, 3.05) is 18.6 Å². The lowest BCUT2D eigenvalue weighted by molar-refractivity contribution is -0.142. The molecule has 0 spiro atoms. The van der Waals surface area contributed by atoms with Gasteiger partial charge < -0.3 is 42.0 Å². The Kier molecular flexibility index (Phi) is 11.7. The summed E-state index contributed by atoms with van der Waals surface area (Å²) >= 11 is 1.40. The molecule has 0 aliphatic heterocycles. The highest BCUT2D eigenvalue weighted by Crippen LogP contribution is 2.03. The summed E-state index contributed by atoms with van der Waals surface area (Å²) in [5, 5.41) is 35.4. The number of aliphatic hydroxyl groups is 2. The van der Waals surface area contributed by atoms with Crippen LogP contribution >= 0.6 is 11.8 Å². The van der Waals surface area contributed by atoms with Crippen LogP contribution < -0.4 is 21.7 Å². The SMILES string of the molecule is CSCCC(NC(=O)C(CO)NC(=O)C(NC(=O)C(N)Cc1cnc[nH]1)C(C)O)C(=O)O. The number of aliphatic hydroxyl groups excluding tert-OH is 2. The lowest BCUT2D eigenvalue weighted by Crippen LogP contribution is -2.60. The molecule has 1 rings (SSSR count). The van der Waals surface area contributed by atoms with Gasteiger partial charge in [0.15, 0.2) is 0 Å². The van der Waals surface area contributed by atoms with Crippen LogP contribution in [0.25, 0.3) is 0 Å². The van der Waals surface area contributed by atoms with Crippen molar-refractivity contribution in [1.82, 2.24) is 25.9 Å². The van der Waals surface area contributed by atoms with Crippen LogP contribution in [0.15, 0.2) is 12.5 Å². The van der Waals surface area contributed by atoms with Crippen LogP contribution in [0.3, 0.4) is 0 Å². The quantitative estimate of drug-likeness (QED) is 0.136. The molecule has 5 unspecified atom stereocenters. The third-order valence-electron chi connectivity index (χ3n) is 4.43. The van der Waals surface area contributed by atoms with Gasteiger partial charge in [0.05, 0.1) is 25.1 Å². The van der Waals surface area contributed by atoms with Gasteiger partial charge in [-0.15, -0.1) is 0 Å². The number of nitrogens with one attached hydrogen (secondary N) is 4. The number of carbonyl (C=O) groups excluding carboxylic acids is 3. The number of carboxylic acids is 1. The number of hydrogen-bond donors (Lipinski definition) is 8. The van der Waals surface area contributed by atoms with Crippen molar-refractivity contribution >= 4 is 35.5 Å². The second-order valence-electron chi connectivity index (χ2n) is 7.04. The third-order valence-corrected chi connectivity index (χ3v) is 5.08. The van der Waals surface area contributed by atoms with Crippen molar-refractivity contribution in [2.45, 2.75) is 50.0 Å². The molecular formula is C18H30N6O7S. The summed E-state index contributed by atoms with van der Waals surface area (Å²) < 4.78 is 0. The molecule has 0 aliphatic carbocycles. The minimum atomic E-state index is -1.49. The van der Waals surface area contributed by atoms with Crippen LogP contribution in [0.1, 0.15) is 19.0 Å². The number of imidazole rings is 1. The topological polar surface area (TPSA) is 220 Å². The van der Waals surface area contributed by atoms with Gasteiger partial charge in [-0.1, -0.05) is 0 Å². The zero-order valence-electron chi connectivity index (χ0n) is 17.8. The lowest BCUT2D eigenvalue weighted by Gasteiger charge is -2.25. The molecule has 32 heavy (non-hydrogen) atoms. The molecule has 1 heterocycles. The minimum absolute atomic E-state index is 0.105. The first-order valence-corrected chi connectivity index (χ1v) is 11.1. The number of amides is 3. The van der Waals surface area contributed by atoms with Crippen LogP contribution in [0.5, 0.6) is 0 Å². The highest BCUT2D eigenvalue weighted by Gasteiger charge is 2.32. The van der Waals surface area contributed by atoms with Crippen LogP contribution in [0.4, 0.5) is 0 Å².